The van der Waals surface area contributed by atoms with Crippen LogP contribution in [-0.2, 0) is 17.9 Å². The summed E-state index contributed by atoms with van der Waals surface area (Å²) in [6.07, 6.45) is -4.31. The largest absolute Gasteiger partial charge is 0.411 e. The Labute approximate surface area is 172 Å². The Bertz CT molecular complexity index is 787. The van der Waals surface area contributed by atoms with E-state index in [2.05, 4.69) is 37.6 Å². The molecule has 0 unspecified atom stereocenters. The molecule has 0 radical (unpaired) electrons. The summed E-state index contributed by atoms with van der Waals surface area (Å²) in [4.78, 5) is 8.98. The fraction of sp³-hybridized carbons (Fsp3) is 0.450. The second-order valence-corrected chi connectivity index (χ2v) is 7.68. The van der Waals surface area contributed by atoms with Gasteiger partial charge in [-0.05, 0) is 28.6 Å². The van der Waals surface area contributed by atoms with Gasteiger partial charge in [-0.25, -0.2) is 0 Å². The molecule has 1 aliphatic rings. The Morgan fingerprint density at radius 2 is 1.90 bits per heavy atom. The van der Waals surface area contributed by atoms with E-state index in [1.807, 2.05) is 18.2 Å². The molecule has 1 aromatic heterocycles. The first-order valence-electron chi connectivity index (χ1n) is 9.41. The zero-order valence-electron chi connectivity index (χ0n) is 16.3. The number of benzene rings is 1. The van der Waals surface area contributed by atoms with Crippen molar-refractivity contribution in [3.63, 3.8) is 0 Å². The van der Waals surface area contributed by atoms with E-state index < -0.39 is 12.8 Å². The van der Waals surface area contributed by atoms with Gasteiger partial charge in [-0.3, -0.25) is 4.99 Å². The summed E-state index contributed by atoms with van der Waals surface area (Å²) < 4.78 is 41.4. The van der Waals surface area contributed by atoms with Crippen LogP contribution in [0.2, 0.25) is 0 Å². The Balaban J connectivity index is 1.48. The highest BCUT2D eigenvalue weighted by atomic mass is 32.1. The molecular formula is C20H25F3N4OS. The molecule has 0 aliphatic carbocycles. The molecule has 158 valence electrons. The van der Waals surface area contributed by atoms with Gasteiger partial charge in [0.05, 0.1) is 11.6 Å². The normalized spacial score (nSPS) is 15.7. The van der Waals surface area contributed by atoms with Crippen molar-refractivity contribution in [3.8, 4) is 0 Å². The number of aliphatic imine (C=N–C) groups is 1. The molecule has 1 saturated heterocycles. The van der Waals surface area contributed by atoms with E-state index in [0.717, 1.165) is 37.7 Å². The highest BCUT2D eigenvalue weighted by Crippen LogP contribution is 2.22. The van der Waals surface area contributed by atoms with Crippen LogP contribution in [0, 0.1) is 0 Å². The molecule has 1 N–H and O–H groups in total. The number of guanidine groups is 1. The SMILES string of the molecule is CN=C(NCc1cccc(COCC(F)(F)F)c1)N1CCN(c2cccs2)CC1. The fourth-order valence-corrected chi connectivity index (χ4v) is 4.00. The third-order valence-electron chi connectivity index (χ3n) is 4.59. The van der Waals surface area contributed by atoms with E-state index in [4.69, 9.17) is 4.74 Å². The van der Waals surface area contributed by atoms with Crippen LogP contribution in [0.4, 0.5) is 18.2 Å². The van der Waals surface area contributed by atoms with Crippen molar-refractivity contribution in [2.45, 2.75) is 19.3 Å². The van der Waals surface area contributed by atoms with Gasteiger partial charge in [-0.15, -0.1) is 11.3 Å². The molecular weight excluding hydrogens is 401 g/mol. The number of hydrogen-bond acceptors (Lipinski definition) is 4. The molecule has 0 spiro atoms. The average molecular weight is 427 g/mol. The minimum absolute atomic E-state index is 0.0627. The van der Waals surface area contributed by atoms with Crippen LogP contribution in [0.3, 0.4) is 0 Å². The van der Waals surface area contributed by atoms with E-state index in [0.29, 0.717) is 12.1 Å². The standard InChI is InChI=1S/C20H25F3N4OS/c1-24-19(27-9-7-26(8-10-27)18-6-3-11-29-18)25-13-16-4-2-5-17(12-16)14-28-15-20(21,22)23/h2-6,11-12H,7-10,13-15H2,1H3,(H,24,25). The summed E-state index contributed by atoms with van der Waals surface area (Å²) >= 11 is 1.75. The van der Waals surface area contributed by atoms with Gasteiger partial charge in [0.2, 0.25) is 0 Å². The van der Waals surface area contributed by atoms with Gasteiger partial charge in [0.25, 0.3) is 0 Å². The first-order chi connectivity index (χ1) is 13.9. The van der Waals surface area contributed by atoms with Gasteiger partial charge in [0.15, 0.2) is 5.96 Å². The van der Waals surface area contributed by atoms with Crippen molar-refractivity contribution in [3.05, 3.63) is 52.9 Å². The number of anilines is 1. The van der Waals surface area contributed by atoms with Gasteiger partial charge in [0.1, 0.15) is 6.61 Å². The lowest BCUT2D eigenvalue weighted by atomic mass is 10.1. The number of alkyl halides is 3. The van der Waals surface area contributed by atoms with Crippen LogP contribution in [0.15, 0.2) is 46.8 Å². The first-order valence-corrected chi connectivity index (χ1v) is 10.3. The highest BCUT2D eigenvalue weighted by Gasteiger charge is 2.27. The Hall–Kier alpha value is -2.26. The maximum absolute atomic E-state index is 12.2. The summed E-state index contributed by atoms with van der Waals surface area (Å²) in [5, 5.41) is 6.73. The van der Waals surface area contributed by atoms with Crippen LogP contribution in [0.25, 0.3) is 0 Å². The minimum atomic E-state index is -4.31. The number of ether oxygens (including phenoxy) is 1. The van der Waals surface area contributed by atoms with Gasteiger partial charge < -0.3 is 19.9 Å². The number of hydrogen-bond donors (Lipinski definition) is 1. The minimum Gasteiger partial charge on any atom is -0.367 e. The maximum atomic E-state index is 12.2. The summed E-state index contributed by atoms with van der Waals surface area (Å²) in [7, 11) is 1.76. The second kappa shape index (κ2) is 9.98. The fourth-order valence-electron chi connectivity index (χ4n) is 3.22. The van der Waals surface area contributed by atoms with Gasteiger partial charge in [-0.2, -0.15) is 13.2 Å². The quantitative estimate of drug-likeness (QED) is 0.565. The van der Waals surface area contributed by atoms with Crippen molar-refractivity contribution >= 4 is 22.3 Å². The van der Waals surface area contributed by atoms with Crippen molar-refractivity contribution in [2.24, 2.45) is 4.99 Å². The average Bonchev–Trinajstić information content (AvgIpc) is 3.23. The predicted octanol–water partition coefficient (Wildman–Crippen LogP) is 3.72. The molecule has 0 saturated carbocycles. The van der Waals surface area contributed by atoms with Crippen molar-refractivity contribution in [2.75, 3.05) is 44.7 Å². The van der Waals surface area contributed by atoms with Crippen molar-refractivity contribution < 1.29 is 17.9 Å². The molecule has 1 aliphatic heterocycles. The molecule has 3 rings (SSSR count). The van der Waals surface area contributed by atoms with E-state index in [1.54, 1.807) is 24.5 Å². The third-order valence-corrected chi connectivity index (χ3v) is 5.51. The molecule has 1 fully saturated rings. The lowest BCUT2D eigenvalue weighted by molar-refractivity contribution is -0.176. The first kappa shape index (κ1) is 21.4. The van der Waals surface area contributed by atoms with Crippen LogP contribution >= 0.6 is 11.3 Å². The zero-order chi connectivity index (χ0) is 20.7. The zero-order valence-corrected chi connectivity index (χ0v) is 17.1. The molecule has 5 nitrogen and oxygen atoms in total. The van der Waals surface area contributed by atoms with Crippen LogP contribution in [0.1, 0.15) is 11.1 Å². The van der Waals surface area contributed by atoms with Crippen molar-refractivity contribution in [1.82, 2.24) is 10.2 Å². The number of piperazine rings is 1. The lowest BCUT2D eigenvalue weighted by Gasteiger charge is -2.37. The van der Waals surface area contributed by atoms with Crippen LogP contribution < -0.4 is 10.2 Å². The van der Waals surface area contributed by atoms with Gasteiger partial charge >= 0.3 is 6.18 Å². The topological polar surface area (TPSA) is 40.1 Å². The van der Waals surface area contributed by atoms with Gasteiger partial charge in [0, 0.05) is 39.8 Å². The van der Waals surface area contributed by atoms with Crippen molar-refractivity contribution in [1.29, 1.82) is 0 Å². The third kappa shape index (κ3) is 6.64. The highest BCUT2D eigenvalue weighted by molar-refractivity contribution is 7.14. The van der Waals surface area contributed by atoms with E-state index in [1.165, 1.54) is 5.00 Å². The Morgan fingerprint density at radius 1 is 1.14 bits per heavy atom. The maximum Gasteiger partial charge on any atom is 0.411 e. The summed E-state index contributed by atoms with van der Waals surface area (Å²) in [6, 6.07) is 11.6. The molecule has 0 bridgehead atoms. The predicted molar refractivity (Wildman–Crippen MR) is 110 cm³/mol. The number of nitrogens with zero attached hydrogens (tertiary/aromatic N) is 3. The molecule has 0 amide bonds. The Morgan fingerprint density at radius 3 is 2.55 bits per heavy atom. The molecule has 2 heterocycles. The molecule has 0 atom stereocenters. The van der Waals surface area contributed by atoms with Gasteiger partial charge in [-0.1, -0.05) is 24.3 Å². The summed E-state index contributed by atoms with van der Waals surface area (Å²) in [5.41, 5.74) is 1.68. The second-order valence-electron chi connectivity index (χ2n) is 6.75. The van der Waals surface area contributed by atoms with E-state index in [-0.39, 0.29) is 6.61 Å². The number of halogens is 3. The number of thiophene rings is 1. The van der Waals surface area contributed by atoms with E-state index in [9.17, 15) is 13.2 Å². The number of nitrogens with one attached hydrogen (secondary N) is 1. The van der Waals surface area contributed by atoms with Crippen LogP contribution in [0.5, 0.6) is 0 Å². The Kier molecular flexibility index (Phi) is 7.38. The molecule has 1 aromatic carbocycles. The van der Waals surface area contributed by atoms with Crippen LogP contribution in [-0.4, -0.2) is 56.9 Å². The monoisotopic (exact) mass is 426 g/mol. The molecule has 9 heteroatoms. The van der Waals surface area contributed by atoms with E-state index >= 15 is 0 Å². The smallest absolute Gasteiger partial charge is 0.367 e. The summed E-state index contributed by atoms with van der Waals surface area (Å²) in [5.74, 6) is 0.828. The molecule has 2 aromatic rings. The number of rotatable bonds is 6. The summed E-state index contributed by atoms with van der Waals surface area (Å²) in [6.45, 7) is 2.88. The molecule has 29 heavy (non-hydrogen) atoms. The lowest BCUT2D eigenvalue weighted by Crippen LogP contribution is -2.52.